The van der Waals surface area contributed by atoms with Crippen molar-refractivity contribution in [3.05, 3.63) is 34.9 Å². The van der Waals surface area contributed by atoms with E-state index in [-0.39, 0.29) is 6.04 Å². The lowest BCUT2D eigenvalue weighted by atomic mass is 9.95. The molecule has 0 bridgehead atoms. The largest absolute Gasteiger partial charge is 0.391 e. The maximum absolute atomic E-state index is 9.67. The second-order valence-corrected chi connectivity index (χ2v) is 3.86. The van der Waals surface area contributed by atoms with Gasteiger partial charge in [0.15, 0.2) is 0 Å². The number of benzene rings is 1. The van der Waals surface area contributed by atoms with E-state index in [0.717, 1.165) is 11.1 Å². The predicted octanol–water partition coefficient (Wildman–Crippen LogP) is 2.07. The van der Waals surface area contributed by atoms with Crippen molar-refractivity contribution in [2.75, 3.05) is 0 Å². The third-order valence-corrected chi connectivity index (χ3v) is 2.63. The van der Waals surface area contributed by atoms with Crippen LogP contribution >= 0.6 is 0 Å². The van der Waals surface area contributed by atoms with Gasteiger partial charge in [-0.05, 0) is 31.4 Å². The molecular weight excluding hydrogens is 174 g/mol. The fourth-order valence-electron chi connectivity index (χ4n) is 1.58. The van der Waals surface area contributed by atoms with E-state index in [1.807, 2.05) is 26.8 Å². The Morgan fingerprint density at radius 1 is 1.36 bits per heavy atom. The van der Waals surface area contributed by atoms with Gasteiger partial charge in [0.05, 0.1) is 12.1 Å². The van der Waals surface area contributed by atoms with Crippen LogP contribution in [0.15, 0.2) is 18.2 Å². The summed E-state index contributed by atoms with van der Waals surface area (Å²) in [6.07, 6.45) is 0.240. The maximum Gasteiger partial charge on any atom is 0.0730 e. The van der Waals surface area contributed by atoms with Gasteiger partial charge in [-0.2, -0.15) is 0 Å². The Morgan fingerprint density at radius 3 is 2.57 bits per heavy atom. The summed E-state index contributed by atoms with van der Waals surface area (Å²) in [4.78, 5) is 0. The Balaban J connectivity index is 2.99. The molecule has 0 aliphatic carbocycles. The lowest BCUT2D eigenvalue weighted by Gasteiger charge is -2.20. The van der Waals surface area contributed by atoms with Gasteiger partial charge >= 0.3 is 0 Å². The summed E-state index contributed by atoms with van der Waals surface area (Å²) in [6, 6.07) is 5.90. The molecule has 0 amide bonds. The van der Waals surface area contributed by atoms with E-state index >= 15 is 0 Å². The molecule has 1 aromatic carbocycles. The van der Waals surface area contributed by atoms with Crippen molar-refractivity contribution in [2.45, 2.75) is 39.3 Å². The molecule has 2 heteroatoms. The number of hydrogen-bond donors (Lipinski definition) is 2. The zero-order valence-corrected chi connectivity index (χ0v) is 9.12. The second kappa shape index (κ2) is 4.58. The topological polar surface area (TPSA) is 46.2 Å². The van der Waals surface area contributed by atoms with Crippen molar-refractivity contribution in [3.8, 4) is 0 Å². The first kappa shape index (κ1) is 11.2. The second-order valence-electron chi connectivity index (χ2n) is 3.86. The number of aryl methyl sites for hydroxylation is 2. The lowest BCUT2D eigenvalue weighted by molar-refractivity contribution is 0.140. The van der Waals surface area contributed by atoms with Crippen molar-refractivity contribution in [1.29, 1.82) is 0 Å². The van der Waals surface area contributed by atoms with E-state index in [1.54, 1.807) is 0 Å². The van der Waals surface area contributed by atoms with Gasteiger partial charge in [-0.3, -0.25) is 0 Å². The third kappa shape index (κ3) is 2.34. The molecule has 0 aromatic heterocycles. The molecule has 14 heavy (non-hydrogen) atoms. The summed E-state index contributed by atoms with van der Waals surface area (Å²) >= 11 is 0. The van der Waals surface area contributed by atoms with Crippen LogP contribution in [0.1, 0.15) is 36.1 Å². The summed E-state index contributed by atoms with van der Waals surface area (Å²) in [5, 5.41) is 9.67. The highest BCUT2D eigenvalue weighted by atomic mass is 16.3. The SMILES string of the molecule is CC[C@H](O)[C@H](N)c1cc(C)ccc1C. The van der Waals surface area contributed by atoms with Gasteiger partial charge in [0.2, 0.25) is 0 Å². The van der Waals surface area contributed by atoms with Crippen LogP contribution in [0, 0.1) is 13.8 Å². The van der Waals surface area contributed by atoms with Crippen LogP contribution < -0.4 is 5.73 Å². The zero-order valence-electron chi connectivity index (χ0n) is 9.12. The first-order chi connectivity index (χ1) is 6.56. The van der Waals surface area contributed by atoms with Gasteiger partial charge in [0.25, 0.3) is 0 Å². The molecule has 0 fully saturated rings. The van der Waals surface area contributed by atoms with E-state index < -0.39 is 6.10 Å². The average molecular weight is 193 g/mol. The standard InChI is InChI=1S/C12H19NO/c1-4-11(14)12(13)10-7-8(2)5-6-9(10)3/h5-7,11-12,14H,4,13H2,1-3H3/t11-,12+/m0/s1. The molecule has 0 spiro atoms. The minimum absolute atomic E-state index is 0.264. The normalized spacial score (nSPS) is 15.2. The summed E-state index contributed by atoms with van der Waals surface area (Å²) in [6.45, 7) is 6.00. The minimum atomic E-state index is -0.449. The van der Waals surface area contributed by atoms with Gasteiger partial charge in [0, 0.05) is 0 Å². The van der Waals surface area contributed by atoms with Crippen molar-refractivity contribution in [3.63, 3.8) is 0 Å². The van der Waals surface area contributed by atoms with Crippen LogP contribution in [0.25, 0.3) is 0 Å². The molecule has 0 heterocycles. The highest BCUT2D eigenvalue weighted by Gasteiger charge is 2.16. The Morgan fingerprint density at radius 2 is 2.00 bits per heavy atom. The molecule has 0 radical (unpaired) electrons. The third-order valence-electron chi connectivity index (χ3n) is 2.63. The van der Waals surface area contributed by atoms with Crippen molar-refractivity contribution in [2.24, 2.45) is 5.73 Å². The molecule has 78 valence electrons. The van der Waals surface area contributed by atoms with E-state index in [1.165, 1.54) is 5.56 Å². The number of rotatable bonds is 3. The lowest BCUT2D eigenvalue weighted by Crippen LogP contribution is -2.26. The molecule has 2 nitrogen and oxygen atoms in total. The summed E-state index contributed by atoms with van der Waals surface area (Å²) < 4.78 is 0. The van der Waals surface area contributed by atoms with Crippen LogP contribution in [0.5, 0.6) is 0 Å². The Kier molecular flexibility index (Phi) is 3.67. The quantitative estimate of drug-likeness (QED) is 0.772. The summed E-state index contributed by atoms with van der Waals surface area (Å²) in [5.41, 5.74) is 9.36. The fourth-order valence-corrected chi connectivity index (χ4v) is 1.58. The number of aliphatic hydroxyl groups is 1. The van der Waals surface area contributed by atoms with Crippen LogP contribution in [-0.2, 0) is 0 Å². The Hall–Kier alpha value is -0.860. The van der Waals surface area contributed by atoms with Gasteiger partial charge < -0.3 is 10.8 Å². The summed E-state index contributed by atoms with van der Waals surface area (Å²) in [5.74, 6) is 0. The number of hydrogen-bond acceptors (Lipinski definition) is 2. The molecular formula is C12H19NO. The fraction of sp³-hybridized carbons (Fsp3) is 0.500. The van der Waals surface area contributed by atoms with E-state index in [4.69, 9.17) is 5.73 Å². The smallest absolute Gasteiger partial charge is 0.0730 e. The highest BCUT2D eigenvalue weighted by Crippen LogP contribution is 2.21. The Labute approximate surface area is 85.8 Å². The first-order valence-corrected chi connectivity index (χ1v) is 5.07. The van der Waals surface area contributed by atoms with Gasteiger partial charge in [-0.1, -0.05) is 30.7 Å². The number of aliphatic hydroxyl groups excluding tert-OH is 1. The van der Waals surface area contributed by atoms with Crippen LogP contribution in [0.2, 0.25) is 0 Å². The van der Waals surface area contributed by atoms with Crippen molar-refractivity contribution >= 4 is 0 Å². The monoisotopic (exact) mass is 193 g/mol. The number of nitrogens with two attached hydrogens (primary N) is 1. The van der Waals surface area contributed by atoms with Gasteiger partial charge in [-0.25, -0.2) is 0 Å². The zero-order chi connectivity index (χ0) is 10.7. The molecule has 0 unspecified atom stereocenters. The molecule has 1 rings (SSSR count). The predicted molar refractivity (Wildman–Crippen MR) is 59.1 cm³/mol. The van der Waals surface area contributed by atoms with Gasteiger partial charge in [-0.15, -0.1) is 0 Å². The molecule has 2 atom stereocenters. The molecule has 3 N–H and O–H groups in total. The van der Waals surface area contributed by atoms with Crippen molar-refractivity contribution in [1.82, 2.24) is 0 Å². The Bertz CT molecular complexity index is 309. The molecule has 1 aromatic rings. The minimum Gasteiger partial charge on any atom is -0.391 e. The average Bonchev–Trinajstić information content (AvgIpc) is 2.19. The molecule has 0 aliphatic heterocycles. The molecule has 0 saturated carbocycles. The van der Waals surface area contributed by atoms with E-state index in [9.17, 15) is 5.11 Å². The van der Waals surface area contributed by atoms with E-state index in [0.29, 0.717) is 6.42 Å². The first-order valence-electron chi connectivity index (χ1n) is 5.07. The molecule has 0 saturated heterocycles. The summed E-state index contributed by atoms with van der Waals surface area (Å²) in [7, 11) is 0. The maximum atomic E-state index is 9.67. The van der Waals surface area contributed by atoms with Gasteiger partial charge in [0.1, 0.15) is 0 Å². The van der Waals surface area contributed by atoms with E-state index in [2.05, 4.69) is 12.1 Å². The molecule has 0 aliphatic rings. The highest BCUT2D eigenvalue weighted by molar-refractivity contribution is 5.33. The van der Waals surface area contributed by atoms with Crippen LogP contribution in [0.3, 0.4) is 0 Å². The van der Waals surface area contributed by atoms with Crippen molar-refractivity contribution < 1.29 is 5.11 Å². The van der Waals surface area contributed by atoms with Crippen LogP contribution in [-0.4, -0.2) is 11.2 Å². The van der Waals surface area contributed by atoms with Crippen LogP contribution in [0.4, 0.5) is 0 Å².